The van der Waals surface area contributed by atoms with Crippen molar-refractivity contribution < 1.29 is 22.8 Å². The molecule has 158 valence electrons. The number of anilines is 2. The van der Waals surface area contributed by atoms with Crippen LogP contribution in [0.3, 0.4) is 0 Å². The van der Waals surface area contributed by atoms with Gasteiger partial charge in [-0.3, -0.25) is 14.4 Å². The molecular weight excluding hydrogens is 404 g/mol. The number of hydrogen-bond acceptors (Lipinski definition) is 5. The summed E-state index contributed by atoms with van der Waals surface area (Å²) in [4.78, 5) is 37.3. The fraction of sp³-hybridized carbons (Fsp3) is 0.318. The molecule has 0 spiro atoms. The minimum atomic E-state index is -3.73. The van der Waals surface area contributed by atoms with Gasteiger partial charge in [-0.1, -0.05) is 12.1 Å². The third-order valence-corrected chi connectivity index (χ3v) is 7.35. The standard InChI is InChI=1S/C22H24N2O5S/c1-14(11-22(27)23-19-6-4-5-17(12-19)15(2)25)30(28,29)20-7-8-21-18(13-20)9-10-24(21)16(3)26/h4-8,12-14H,9-11H2,1-3H3,(H,23,27). The van der Waals surface area contributed by atoms with Crippen molar-refractivity contribution in [3.05, 3.63) is 53.6 Å². The van der Waals surface area contributed by atoms with Crippen LogP contribution in [-0.4, -0.2) is 37.8 Å². The van der Waals surface area contributed by atoms with E-state index in [1.54, 1.807) is 41.3 Å². The summed E-state index contributed by atoms with van der Waals surface area (Å²) in [6, 6.07) is 11.2. The molecule has 30 heavy (non-hydrogen) atoms. The Bertz CT molecular complexity index is 1120. The molecule has 0 aromatic heterocycles. The Kier molecular flexibility index (Phi) is 6.07. The summed E-state index contributed by atoms with van der Waals surface area (Å²) >= 11 is 0. The molecule has 8 heteroatoms. The second kappa shape index (κ2) is 8.39. The predicted octanol–water partition coefficient (Wildman–Crippen LogP) is 2.99. The smallest absolute Gasteiger partial charge is 0.225 e. The van der Waals surface area contributed by atoms with Gasteiger partial charge in [-0.15, -0.1) is 0 Å². The van der Waals surface area contributed by atoms with E-state index >= 15 is 0 Å². The topological polar surface area (TPSA) is 101 Å². The van der Waals surface area contributed by atoms with Crippen LogP contribution in [0.25, 0.3) is 0 Å². The van der Waals surface area contributed by atoms with Crippen LogP contribution in [0.2, 0.25) is 0 Å². The zero-order chi connectivity index (χ0) is 22.1. The molecule has 1 heterocycles. The molecule has 7 nitrogen and oxygen atoms in total. The highest BCUT2D eigenvalue weighted by Crippen LogP contribution is 2.31. The van der Waals surface area contributed by atoms with Crippen LogP contribution < -0.4 is 10.2 Å². The lowest BCUT2D eigenvalue weighted by molar-refractivity contribution is -0.117. The number of rotatable bonds is 6. The first-order chi connectivity index (χ1) is 14.1. The fourth-order valence-corrected chi connectivity index (χ4v) is 4.91. The summed E-state index contributed by atoms with van der Waals surface area (Å²) in [5.74, 6) is -0.652. The number of benzene rings is 2. The molecule has 1 N–H and O–H groups in total. The van der Waals surface area contributed by atoms with Crippen LogP contribution in [0.15, 0.2) is 47.4 Å². The van der Waals surface area contributed by atoms with E-state index in [4.69, 9.17) is 0 Å². The van der Waals surface area contributed by atoms with E-state index in [0.717, 1.165) is 11.3 Å². The molecule has 0 aliphatic carbocycles. The summed E-state index contributed by atoms with van der Waals surface area (Å²) in [6.07, 6.45) is 0.378. The zero-order valence-electron chi connectivity index (χ0n) is 17.1. The molecule has 0 saturated heterocycles. The zero-order valence-corrected chi connectivity index (χ0v) is 18.0. The first-order valence-corrected chi connectivity index (χ1v) is 11.2. The third kappa shape index (κ3) is 4.43. The van der Waals surface area contributed by atoms with E-state index in [1.807, 2.05) is 0 Å². The van der Waals surface area contributed by atoms with Gasteiger partial charge >= 0.3 is 0 Å². The second-order valence-electron chi connectivity index (χ2n) is 7.46. The van der Waals surface area contributed by atoms with Crippen molar-refractivity contribution in [1.29, 1.82) is 0 Å². The third-order valence-electron chi connectivity index (χ3n) is 5.21. The molecular formula is C22H24N2O5S. The van der Waals surface area contributed by atoms with Gasteiger partial charge in [0, 0.05) is 36.8 Å². The maximum atomic E-state index is 13.0. The number of fused-ring (bicyclic) bond motifs is 1. The van der Waals surface area contributed by atoms with Gasteiger partial charge in [-0.05, 0) is 56.2 Å². The van der Waals surface area contributed by atoms with Crippen LogP contribution in [0.4, 0.5) is 11.4 Å². The summed E-state index contributed by atoms with van der Waals surface area (Å²) in [7, 11) is -3.73. The van der Waals surface area contributed by atoms with Gasteiger partial charge in [-0.2, -0.15) is 0 Å². The lowest BCUT2D eigenvalue weighted by Gasteiger charge is -2.16. The Hall–Kier alpha value is -3.00. The highest BCUT2D eigenvalue weighted by atomic mass is 32.2. The SMILES string of the molecule is CC(=O)c1cccc(NC(=O)CC(C)S(=O)(=O)c2ccc3c(c2)CCN3C(C)=O)c1. The molecule has 2 aromatic carbocycles. The van der Waals surface area contributed by atoms with Crippen molar-refractivity contribution in [2.75, 3.05) is 16.8 Å². The van der Waals surface area contributed by atoms with Crippen molar-refractivity contribution >= 4 is 38.8 Å². The number of sulfone groups is 1. The Labute approximate surface area is 176 Å². The Morgan fingerprint density at radius 2 is 1.83 bits per heavy atom. The number of hydrogen-bond donors (Lipinski definition) is 1. The van der Waals surface area contributed by atoms with Crippen LogP contribution in [0.5, 0.6) is 0 Å². The van der Waals surface area contributed by atoms with Crippen molar-refractivity contribution in [3.8, 4) is 0 Å². The maximum absolute atomic E-state index is 13.0. The van der Waals surface area contributed by atoms with Crippen LogP contribution in [-0.2, 0) is 25.8 Å². The van der Waals surface area contributed by atoms with E-state index in [2.05, 4.69) is 5.32 Å². The highest BCUT2D eigenvalue weighted by molar-refractivity contribution is 7.92. The molecule has 0 bridgehead atoms. The molecule has 0 saturated carbocycles. The summed E-state index contributed by atoms with van der Waals surface area (Å²) in [6.45, 7) is 4.94. The van der Waals surface area contributed by atoms with Crippen molar-refractivity contribution in [2.45, 2.75) is 43.8 Å². The molecule has 0 fully saturated rings. The monoisotopic (exact) mass is 428 g/mol. The van der Waals surface area contributed by atoms with E-state index < -0.39 is 21.0 Å². The molecule has 1 unspecified atom stereocenters. The predicted molar refractivity (Wildman–Crippen MR) is 115 cm³/mol. The maximum Gasteiger partial charge on any atom is 0.225 e. The van der Waals surface area contributed by atoms with Gasteiger partial charge in [0.25, 0.3) is 0 Å². The van der Waals surface area contributed by atoms with Gasteiger partial charge in [0.2, 0.25) is 11.8 Å². The number of carbonyl (C=O) groups excluding carboxylic acids is 3. The molecule has 1 aliphatic rings. The van der Waals surface area contributed by atoms with E-state index in [-0.39, 0.29) is 23.0 Å². The quantitative estimate of drug-likeness (QED) is 0.713. The summed E-state index contributed by atoms with van der Waals surface area (Å²) < 4.78 is 25.9. The number of amides is 2. The first kappa shape index (κ1) is 21.7. The lowest BCUT2D eigenvalue weighted by Crippen LogP contribution is -2.26. The average molecular weight is 429 g/mol. The van der Waals surface area contributed by atoms with Crippen LogP contribution >= 0.6 is 0 Å². The van der Waals surface area contributed by atoms with Crippen LogP contribution in [0.1, 0.15) is 43.1 Å². The molecule has 2 amide bonds. The van der Waals surface area contributed by atoms with E-state index in [1.165, 1.54) is 26.8 Å². The number of ketones is 1. The average Bonchev–Trinajstić information content (AvgIpc) is 3.11. The van der Waals surface area contributed by atoms with Crippen molar-refractivity contribution in [2.24, 2.45) is 0 Å². The summed E-state index contributed by atoms with van der Waals surface area (Å²) in [5, 5.41) is 1.72. The fourth-order valence-electron chi connectivity index (χ4n) is 3.51. The normalized spacial score (nSPS) is 14.2. The van der Waals surface area contributed by atoms with E-state index in [0.29, 0.717) is 24.2 Å². The number of Topliss-reactive ketones (excluding diaryl/α,β-unsaturated/α-hetero) is 1. The molecule has 1 aliphatic heterocycles. The lowest BCUT2D eigenvalue weighted by atomic mass is 10.1. The molecule has 3 rings (SSSR count). The highest BCUT2D eigenvalue weighted by Gasteiger charge is 2.29. The van der Waals surface area contributed by atoms with E-state index in [9.17, 15) is 22.8 Å². The van der Waals surface area contributed by atoms with Crippen molar-refractivity contribution in [1.82, 2.24) is 0 Å². The molecule has 2 aromatic rings. The Morgan fingerprint density at radius 3 is 2.50 bits per heavy atom. The number of nitrogens with zero attached hydrogens (tertiary/aromatic N) is 1. The molecule has 0 radical (unpaired) electrons. The second-order valence-corrected chi connectivity index (χ2v) is 9.82. The minimum absolute atomic E-state index is 0.0803. The Morgan fingerprint density at radius 1 is 1.10 bits per heavy atom. The number of nitrogens with one attached hydrogen (secondary N) is 1. The Balaban J connectivity index is 1.72. The van der Waals surface area contributed by atoms with Gasteiger partial charge in [0.05, 0.1) is 10.1 Å². The van der Waals surface area contributed by atoms with Gasteiger partial charge < -0.3 is 10.2 Å². The van der Waals surface area contributed by atoms with Gasteiger partial charge in [0.1, 0.15) is 0 Å². The minimum Gasteiger partial charge on any atom is -0.326 e. The van der Waals surface area contributed by atoms with Gasteiger partial charge in [0.15, 0.2) is 15.6 Å². The van der Waals surface area contributed by atoms with Crippen molar-refractivity contribution in [3.63, 3.8) is 0 Å². The van der Waals surface area contributed by atoms with Crippen LogP contribution in [0, 0.1) is 0 Å². The molecule has 1 atom stereocenters. The number of carbonyl (C=O) groups is 3. The largest absolute Gasteiger partial charge is 0.326 e. The van der Waals surface area contributed by atoms with Gasteiger partial charge in [-0.25, -0.2) is 8.42 Å². The summed E-state index contributed by atoms with van der Waals surface area (Å²) in [5.41, 5.74) is 2.45. The first-order valence-electron chi connectivity index (χ1n) is 9.65.